The van der Waals surface area contributed by atoms with Gasteiger partial charge in [0.05, 0.1) is 0 Å². The monoisotopic (exact) mass is 252 g/mol. The summed E-state index contributed by atoms with van der Waals surface area (Å²) >= 11 is 0. The van der Waals surface area contributed by atoms with Crippen LogP contribution in [0.4, 0.5) is 14.5 Å². The molecule has 0 bridgehead atoms. The second-order valence-electron chi connectivity index (χ2n) is 5.79. The van der Waals surface area contributed by atoms with Gasteiger partial charge >= 0.3 is 0 Å². The predicted octanol–water partition coefficient (Wildman–Crippen LogP) is 2.33. The normalized spacial score (nSPS) is 26.7. The predicted molar refractivity (Wildman–Crippen MR) is 67.9 cm³/mol. The van der Waals surface area contributed by atoms with Gasteiger partial charge in [-0.05, 0) is 30.9 Å². The van der Waals surface area contributed by atoms with E-state index in [0.717, 1.165) is 44.4 Å². The largest absolute Gasteiger partial charge is 0.370 e. The first kappa shape index (κ1) is 11.9. The maximum absolute atomic E-state index is 13.7. The van der Waals surface area contributed by atoms with Crippen LogP contribution in [0.5, 0.6) is 0 Å². The van der Waals surface area contributed by atoms with Gasteiger partial charge < -0.3 is 10.2 Å². The number of rotatable bonds is 2. The summed E-state index contributed by atoms with van der Waals surface area (Å²) in [4.78, 5) is 2.13. The molecule has 1 unspecified atom stereocenters. The van der Waals surface area contributed by atoms with Gasteiger partial charge in [-0.3, -0.25) is 0 Å². The summed E-state index contributed by atoms with van der Waals surface area (Å²) < 4.78 is 27.0. The lowest BCUT2D eigenvalue weighted by Crippen LogP contribution is -2.36. The summed E-state index contributed by atoms with van der Waals surface area (Å²) in [5, 5.41) is 3.36. The minimum Gasteiger partial charge on any atom is -0.370 e. The average molecular weight is 252 g/mol. The second-order valence-corrected chi connectivity index (χ2v) is 5.79. The number of hydrogen-bond acceptors (Lipinski definition) is 2. The van der Waals surface area contributed by atoms with Crippen LogP contribution in [0.25, 0.3) is 0 Å². The van der Waals surface area contributed by atoms with E-state index in [4.69, 9.17) is 0 Å². The first-order valence-corrected chi connectivity index (χ1v) is 6.51. The van der Waals surface area contributed by atoms with Crippen LogP contribution in [0.2, 0.25) is 0 Å². The maximum atomic E-state index is 13.7. The van der Waals surface area contributed by atoms with Gasteiger partial charge in [-0.25, -0.2) is 8.78 Å². The van der Waals surface area contributed by atoms with E-state index in [9.17, 15) is 8.78 Å². The fraction of sp³-hybridized carbons (Fsp3) is 0.571. The number of nitrogens with one attached hydrogen (secondary N) is 1. The van der Waals surface area contributed by atoms with Crippen LogP contribution in [0.1, 0.15) is 18.9 Å². The van der Waals surface area contributed by atoms with E-state index in [0.29, 0.717) is 12.0 Å². The first-order chi connectivity index (χ1) is 8.57. The van der Waals surface area contributed by atoms with Crippen LogP contribution in [-0.4, -0.2) is 26.2 Å². The third-order valence-electron chi connectivity index (χ3n) is 4.14. The van der Waals surface area contributed by atoms with Crippen molar-refractivity contribution in [1.29, 1.82) is 0 Å². The molecule has 2 heterocycles. The fourth-order valence-corrected chi connectivity index (χ4v) is 3.12. The van der Waals surface area contributed by atoms with Gasteiger partial charge in [0.2, 0.25) is 0 Å². The zero-order valence-electron chi connectivity index (χ0n) is 10.6. The number of nitrogens with zero attached hydrogens (tertiary/aromatic N) is 1. The number of anilines is 1. The fourth-order valence-electron chi connectivity index (χ4n) is 3.12. The molecule has 0 aliphatic carbocycles. The van der Waals surface area contributed by atoms with Crippen LogP contribution >= 0.6 is 0 Å². The summed E-state index contributed by atoms with van der Waals surface area (Å²) in [5.74, 6) is -0.880. The Bertz CT molecular complexity index is 467. The minimum absolute atomic E-state index is 0.213. The number of hydrogen-bond donors (Lipinski definition) is 1. The molecule has 2 aliphatic heterocycles. The topological polar surface area (TPSA) is 15.3 Å². The summed E-state index contributed by atoms with van der Waals surface area (Å²) in [5.41, 5.74) is 1.64. The molecule has 0 spiro atoms. The molecule has 0 saturated carbocycles. The molecule has 1 N–H and O–H groups in total. The van der Waals surface area contributed by atoms with Crippen molar-refractivity contribution in [2.24, 2.45) is 5.41 Å². The van der Waals surface area contributed by atoms with Crippen molar-refractivity contribution in [2.45, 2.75) is 19.8 Å². The maximum Gasteiger partial charge on any atom is 0.131 e. The van der Waals surface area contributed by atoms with Crippen molar-refractivity contribution in [2.75, 3.05) is 31.1 Å². The van der Waals surface area contributed by atoms with Crippen LogP contribution in [0.15, 0.2) is 12.1 Å². The Kier molecular flexibility index (Phi) is 2.77. The Hall–Kier alpha value is -1.16. The molecular formula is C14H18F2N2. The van der Waals surface area contributed by atoms with E-state index in [1.165, 1.54) is 6.07 Å². The van der Waals surface area contributed by atoms with Gasteiger partial charge in [-0.2, -0.15) is 0 Å². The van der Waals surface area contributed by atoms with Gasteiger partial charge in [-0.1, -0.05) is 6.92 Å². The molecule has 2 nitrogen and oxygen atoms in total. The van der Waals surface area contributed by atoms with Crippen molar-refractivity contribution in [3.8, 4) is 0 Å². The third kappa shape index (κ3) is 1.99. The van der Waals surface area contributed by atoms with Gasteiger partial charge in [-0.15, -0.1) is 0 Å². The molecule has 0 radical (unpaired) electrons. The molecule has 2 aliphatic rings. The molecule has 1 aromatic carbocycles. The molecule has 4 heteroatoms. The van der Waals surface area contributed by atoms with Crippen LogP contribution in [-0.2, 0) is 6.42 Å². The zero-order valence-corrected chi connectivity index (χ0v) is 10.6. The molecule has 0 aromatic heterocycles. The van der Waals surface area contributed by atoms with E-state index < -0.39 is 11.6 Å². The van der Waals surface area contributed by atoms with Crippen molar-refractivity contribution in [1.82, 2.24) is 5.32 Å². The van der Waals surface area contributed by atoms with E-state index in [1.54, 1.807) is 0 Å². The highest BCUT2D eigenvalue weighted by Gasteiger charge is 2.33. The van der Waals surface area contributed by atoms with Crippen LogP contribution in [0.3, 0.4) is 0 Å². The van der Waals surface area contributed by atoms with E-state index >= 15 is 0 Å². The Morgan fingerprint density at radius 1 is 1.39 bits per heavy atom. The lowest BCUT2D eigenvalue weighted by Gasteiger charge is -2.31. The standard InChI is InChI=1S/C14H18F2N2/c1-14(3-4-17-8-14)9-18-5-2-11-12(16)6-10(15)7-13(11)18/h6-7,17H,2-5,8-9H2,1H3. The quantitative estimate of drug-likeness (QED) is 0.869. The lowest BCUT2D eigenvalue weighted by atomic mass is 9.89. The molecular weight excluding hydrogens is 234 g/mol. The molecule has 3 rings (SSSR count). The molecule has 1 saturated heterocycles. The molecule has 1 aromatic rings. The van der Waals surface area contributed by atoms with Crippen molar-refractivity contribution in [3.63, 3.8) is 0 Å². The molecule has 1 atom stereocenters. The van der Waals surface area contributed by atoms with Gasteiger partial charge in [0, 0.05) is 37.0 Å². The highest BCUT2D eigenvalue weighted by molar-refractivity contribution is 5.58. The smallest absolute Gasteiger partial charge is 0.131 e. The Labute approximate surface area is 106 Å². The average Bonchev–Trinajstić information content (AvgIpc) is 2.87. The highest BCUT2D eigenvalue weighted by Crippen LogP contribution is 2.35. The first-order valence-electron chi connectivity index (χ1n) is 6.51. The Morgan fingerprint density at radius 2 is 2.22 bits per heavy atom. The Morgan fingerprint density at radius 3 is 2.94 bits per heavy atom. The van der Waals surface area contributed by atoms with Crippen molar-refractivity contribution >= 4 is 5.69 Å². The van der Waals surface area contributed by atoms with Gasteiger partial charge in [0.25, 0.3) is 0 Å². The van der Waals surface area contributed by atoms with Gasteiger partial charge in [0.15, 0.2) is 0 Å². The van der Waals surface area contributed by atoms with E-state index in [2.05, 4.69) is 17.1 Å². The molecule has 1 fully saturated rings. The third-order valence-corrected chi connectivity index (χ3v) is 4.14. The lowest BCUT2D eigenvalue weighted by molar-refractivity contribution is 0.367. The second kappa shape index (κ2) is 4.19. The van der Waals surface area contributed by atoms with Gasteiger partial charge in [0.1, 0.15) is 11.6 Å². The number of benzene rings is 1. The zero-order chi connectivity index (χ0) is 12.8. The molecule has 98 valence electrons. The van der Waals surface area contributed by atoms with E-state index in [1.807, 2.05) is 0 Å². The summed E-state index contributed by atoms with van der Waals surface area (Å²) in [7, 11) is 0. The summed E-state index contributed by atoms with van der Waals surface area (Å²) in [6, 6.07) is 2.46. The SMILES string of the molecule is CC1(CN2CCc3c(F)cc(F)cc32)CCNC1. The van der Waals surface area contributed by atoms with Crippen molar-refractivity contribution < 1.29 is 8.78 Å². The minimum atomic E-state index is -0.479. The summed E-state index contributed by atoms with van der Waals surface area (Å²) in [6.07, 6.45) is 1.81. The van der Waals surface area contributed by atoms with Crippen molar-refractivity contribution in [3.05, 3.63) is 29.3 Å². The molecule has 18 heavy (non-hydrogen) atoms. The van der Waals surface area contributed by atoms with Crippen LogP contribution in [0, 0.1) is 17.0 Å². The number of fused-ring (bicyclic) bond motifs is 1. The van der Waals surface area contributed by atoms with Crippen LogP contribution < -0.4 is 10.2 Å². The summed E-state index contributed by atoms with van der Waals surface area (Å²) in [6.45, 7) is 5.92. The Balaban J connectivity index is 1.86. The van der Waals surface area contributed by atoms with E-state index in [-0.39, 0.29) is 5.41 Å². The highest BCUT2D eigenvalue weighted by atomic mass is 19.1. The molecule has 0 amide bonds. The number of halogens is 2.